The predicted molar refractivity (Wildman–Crippen MR) is 69.7 cm³/mol. The third-order valence-corrected chi connectivity index (χ3v) is 3.38. The van der Waals surface area contributed by atoms with Crippen LogP contribution in [0.4, 0.5) is 14.6 Å². The number of aromatic nitrogens is 2. The van der Waals surface area contributed by atoms with Crippen molar-refractivity contribution in [1.29, 1.82) is 0 Å². The molecule has 0 fully saturated rings. The van der Waals surface area contributed by atoms with Gasteiger partial charge in [0, 0.05) is 6.07 Å². The smallest absolute Gasteiger partial charge is 0.151 e. The van der Waals surface area contributed by atoms with Gasteiger partial charge in [0.25, 0.3) is 0 Å². The Kier molecular flexibility index (Phi) is 3.38. The normalized spacial score (nSPS) is 11.2. The first kappa shape index (κ1) is 13.0. The lowest BCUT2D eigenvalue weighted by atomic mass is 10.1. The maximum Gasteiger partial charge on any atom is 0.151 e. The van der Waals surface area contributed by atoms with Crippen LogP contribution in [0.25, 0.3) is 5.69 Å². The maximum atomic E-state index is 13.7. The SMILES string of the molecule is CC(C)c1nn(-c2ccc(F)cc2F)c(N)c1Br. The Morgan fingerprint density at radius 2 is 2.00 bits per heavy atom. The molecule has 0 radical (unpaired) electrons. The quantitative estimate of drug-likeness (QED) is 0.919. The van der Waals surface area contributed by atoms with Gasteiger partial charge >= 0.3 is 0 Å². The largest absolute Gasteiger partial charge is 0.383 e. The van der Waals surface area contributed by atoms with Gasteiger partial charge in [-0.15, -0.1) is 0 Å². The molecule has 0 bridgehead atoms. The fraction of sp³-hybridized carbons (Fsp3) is 0.250. The molecule has 0 saturated heterocycles. The Morgan fingerprint density at radius 3 is 2.50 bits per heavy atom. The van der Waals surface area contributed by atoms with E-state index in [9.17, 15) is 8.78 Å². The first-order chi connectivity index (χ1) is 8.41. The highest BCUT2D eigenvalue weighted by Gasteiger charge is 2.18. The molecule has 6 heteroatoms. The van der Waals surface area contributed by atoms with Crippen LogP contribution in [0.1, 0.15) is 25.5 Å². The van der Waals surface area contributed by atoms with Crippen LogP contribution >= 0.6 is 15.9 Å². The molecule has 18 heavy (non-hydrogen) atoms. The van der Waals surface area contributed by atoms with Crippen LogP contribution < -0.4 is 5.73 Å². The van der Waals surface area contributed by atoms with Crippen LogP contribution in [0.5, 0.6) is 0 Å². The lowest BCUT2D eigenvalue weighted by Gasteiger charge is -2.05. The number of anilines is 1. The summed E-state index contributed by atoms with van der Waals surface area (Å²) < 4.78 is 28.5. The van der Waals surface area contributed by atoms with Crippen molar-refractivity contribution in [3.63, 3.8) is 0 Å². The van der Waals surface area contributed by atoms with Crippen molar-refractivity contribution in [1.82, 2.24) is 9.78 Å². The van der Waals surface area contributed by atoms with Crippen molar-refractivity contribution in [2.75, 3.05) is 5.73 Å². The fourth-order valence-electron chi connectivity index (χ4n) is 1.64. The number of nitrogen functional groups attached to an aromatic ring is 1. The highest BCUT2D eigenvalue weighted by Crippen LogP contribution is 2.31. The third kappa shape index (κ3) is 2.12. The van der Waals surface area contributed by atoms with E-state index in [1.807, 2.05) is 13.8 Å². The van der Waals surface area contributed by atoms with Crippen LogP contribution in [-0.4, -0.2) is 9.78 Å². The summed E-state index contributed by atoms with van der Waals surface area (Å²) in [6, 6.07) is 3.28. The number of benzene rings is 1. The Hall–Kier alpha value is -1.43. The first-order valence-electron chi connectivity index (χ1n) is 5.41. The fourth-order valence-corrected chi connectivity index (χ4v) is 2.34. The van der Waals surface area contributed by atoms with Crippen LogP contribution in [0.3, 0.4) is 0 Å². The van der Waals surface area contributed by atoms with Gasteiger partial charge in [0.05, 0.1) is 10.2 Å². The van der Waals surface area contributed by atoms with Gasteiger partial charge in [-0.3, -0.25) is 0 Å². The molecule has 0 saturated carbocycles. The Labute approximate surface area is 112 Å². The van der Waals surface area contributed by atoms with Crippen LogP contribution in [-0.2, 0) is 0 Å². The molecule has 96 valence electrons. The summed E-state index contributed by atoms with van der Waals surface area (Å²) in [5.74, 6) is -0.896. The van der Waals surface area contributed by atoms with Gasteiger partial charge in [-0.1, -0.05) is 13.8 Å². The minimum Gasteiger partial charge on any atom is -0.383 e. The van der Waals surface area contributed by atoms with Crippen molar-refractivity contribution in [2.24, 2.45) is 0 Å². The van der Waals surface area contributed by atoms with Crippen LogP contribution in [0.15, 0.2) is 22.7 Å². The summed E-state index contributed by atoms with van der Waals surface area (Å²) in [6.45, 7) is 3.91. The van der Waals surface area contributed by atoms with E-state index < -0.39 is 11.6 Å². The molecule has 2 aromatic rings. The van der Waals surface area contributed by atoms with E-state index in [1.54, 1.807) is 0 Å². The average molecular weight is 316 g/mol. The zero-order valence-corrected chi connectivity index (χ0v) is 11.5. The molecule has 0 amide bonds. The van der Waals surface area contributed by atoms with Crippen LogP contribution in [0, 0.1) is 11.6 Å². The molecule has 1 heterocycles. The summed E-state index contributed by atoms with van der Waals surface area (Å²) in [5.41, 5.74) is 6.73. The van der Waals surface area contributed by atoms with Gasteiger partial charge in [0.1, 0.15) is 17.3 Å². The Morgan fingerprint density at radius 1 is 1.33 bits per heavy atom. The zero-order chi connectivity index (χ0) is 13.4. The topological polar surface area (TPSA) is 43.8 Å². The van der Waals surface area contributed by atoms with E-state index >= 15 is 0 Å². The van der Waals surface area contributed by atoms with Gasteiger partial charge in [-0.2, -0.15) is 5.10 Å². The van der Waals surface area contributed by atoms with Crippen molar-refractivity contribution in [2.45, 2.75) is 19.8 Å². The van der Waals surface area contributed by atoms with E-state index in [4.69, 9.17) is 5.73 Å². The van der Waals surface area contributed by atoms with Gasteiger partial charge in [0.15, 0.2) is 5.82 Å². The summed E-state index contributed by atoms with van der Waals surface area (Å²) in [5, 5.41) is 4.25. The molecule has 1 aromatic heterocycles. The summed E-state index contributed by atoms with van der Waals surface area (Å²) in [7, 11) is 0. The number of halogens is 3. The van der Waals surface area contributed by atoms with Crippen molar-refractivity contribution >= 4 is 21.7 Å². The number of rotatable bonds is 2. The molecule has 0 atom stereocenters. The Bertz CT molecular complexity index is 593. The average Bonchev–Trinajstić information content (AvgIpc) is 2.57. The van der Waals surface area contributed by atoms with Gasteiger partial charge in [0.2, 0.25) is 0 Å². The number of nitrogens with two attached hydrogens (primary N) is 1. The minimum absolute atomic E-state index is 0.126. The summed E-state index contributed by atoms with van der Waals surface area (Å²) in [4.78, 5) is 0. The number of hydrogen-bond acceptors (Lipinski definition) is 2. The number of nitrogens with zero attached hydrogens (tertiary/aromatic N) is 2. The second-order valence-corrected chi connectivity index (χ2v) is 5.04. The lowest BCUT2D eigenvalue weighted by molar-refractivity contribution is 0.573. The molecule has 0 aliphatic rings. The minimum atomic E-state index is -0.702. The highest BCUT2D eigenvalue weighted by molar-refractivity contribution is 9.10. The summed E-state index contributed by atoms with van der Waals surface area (Å²) in [6.07, 6.45) is 0. The van der Waals surface area contributed by atoms with Gasteiger partial charge in [-0.05, 0) is 34.0 Å². The van der Waals surface area contributed by atoms with Crippen molar-refractivity contribution < 1.29 is 8.78 Å². The Balaban J connectivity index is 2.61. The maximum absolute atomic E-state index is 13.7. The molecule has 1 aromatic carbocycles. The van der Waals surface area contributed by atoms with E-state index in [0.717, 1.165) is 11.8 Å². The van der Waals surface area contributed by atoms with E-state index in [1.165, 1.54) is 16.8 Å². The molecule has 0 aliphatic heterocycles. The highest BCUT2D eigenvalue weighted by atomic mass is 79.9. The van der Waals surface area contributed by atoms with Gasteiger partial charge < -0.3 is 5.73 Å². The molecule has 0 aliphatic carbocycles. The van der Waals surface area contributed by atoms with E-state index in [0.29, 0.717) is 10.3 Å². The van der Waals surface area contributed by atoms with Crippen molar-refractivity contribution in [3.05, 3.63) is 40.0 Å². The molecular weight excluding hydrogens is 304 g/mol. The molecule has 3 nitrogen and oxygen atoms in total. The van der Waals surface area contributed by atoms with Crippen LogP contribution in [0.2, 0.25) is 0 Å². The monoisotopic (exact) mass is 315 g/mol. The zero-order valence-electron chi connectivity index (χ0n) is 9.92. The third-order valence-electron chi connectivity index (χ3n) is 2.57. The standard InChI is InChI=1S/C12H12BrF2N3/c1-6(2)11-10(13)12(16)18(17-11)9-4-3-7(14)5-8(9)15/h3-6H,16H2,1-2H3. The summed E-state index contributed by atoms with van der Waals surface area (Å²) >= 11 is 3.33. The second-order valence-electron chi connectivity index (χ2n) is 4.25. The lowest BCUT2D eigenvalue weighted by Crippen LogP contribution is -2.05. The second kappa shape index (κ2) is 4.68. The van der Waals surface area contributed by atoms with E-state index in [-0.39, 0.29) is 11.6 Å². The van der Waals surface area contributed by atoms with E-state index in [2.05, 4.69) is 21.0 Å². The molecule has 0 spiro atoms. The van der Waals surface area contributed by atoms with Gasteiger partial charge in [-0.25, -0.2) is 13.5 Å². The molecule has 0 unspecified atom stereocenters. The molecule has 2 rings (SSSR count). The predicted octanol–water partition coefficient (Wildman–Crippen LogP) is 3.62. The first-order valence-corrected chi connectivity index (χ1v) is 6.20. The van der Waals surface area contributed by atoms with Crippen molar-refractivity contribution in [3.8, 4) is 5.69 Å². The molecule has 2 N–H and O–H groups in total. The number of hydrogen-bond donors (Lipinski definition) is 1. The molecular formula is C12H12BrF2N3.